The predicted octanol–water partition coefficient (Wildman–Crippen LogP) is 3.10. The molecule has 2 aromatic rings. The summed E-state index contributed by atoms with van der Waals surface area (Å²) in [7, 11) is -4.58. The quantitative estimate of drug-likeness (QED) is 0.670. The predicted molar refractivity (Wildman–Crippen MR) is 76.7 cm³/mol. The number of rotatable bonds is 4. The molecule has 0 aliphatic heterocycles. The van der Waals surface area contributed by atoms with Crippen molar-refractivity contribution in [3.8, 4) is 0 Å². The van der Waals surface area contributed by atoms with Crippen molar-refractivity contribution in [2.45, 2.75) is 12.6 Å². The fourth-order valence-corrected chi connectivity index (χ4v) is 3.02. The summed E-state index contributed by atoms with van der Waals surface area (Å²) >= 11 is 0. The maximum atomic E-state index is 12.4. The van der Waals surface area contributed by atoms with Crippen molar-refractivity contribution in [1.82, 2.24) is 0 Å². The van der Waals surface area contributed by atoms with Gasteiger partial charge in [-0.05, 0) is 12.5 Å². The van der Waals surface area contributed by atoms with E-state index in [2.05, 4.69) is 0 Å². The van der Waals surface area contributed by atoms with Crippen LogP contribution in [-0.2, 0) is 4.57 Å². The second kappa shape index (κ2) is 5.71. The average Bonchev–Trinajstić information content (AvgIpc) is 2.39. The lowest BCUT2D eigenvalue weighted by molar-refractivity contribution is 0.0978. The van der Waals surface area contributed by atoms with Crippen LogP contribution in [0.3, 0.4) is 0 Å². The Balaban J connectivity index is 2.45. The smallest absolute Gasteiger partial charge is 0.324 e. The topological polar surface area (TPSA) is 74.6 Å². The van der Waals surface area contributed by atoms with E-state index >= 15 is 0 Å². The van der Waals surface area contributed by atoms with Gasteiger partial charge in [0.1, 0.15) is 5.66 Å². The molecule has 0 aliphatic carbocycles. The number of aryl methyl sites for hydroxylation is 1. The maximum absolute atomic E-state index is 12.4. The number of benzene rings is 2. The van der Waals surface area contributed by atoms with Gasteiger partial charge in [0.05, 0.1) is 0 Å². The molecule has 0 amide bonds. The molecule has 2 rings (SSSR count). The van der Waals surface area contributed by atoms with Crippen LogP contribution in [0.5, 0.6) is 0 Å². The van der Waals surface area contributed by atoms with E-state index in [-0.39, 0.29) is 0 Å². The molecule has 2 aromatic carbocycles. The van der Waals surface area contributed by atoms with Gasteiger partial charge in [-0.2, -0.15) is 0 Å². The van der Waals surface area contributed by atoms with Crippen LogP contribution in [0.1, 0.15) is 27.1 Å². The van der Waals surface area contributed by atoms with Gasteiger partial charge in [0.2, 0.25) is 0 Å². The summed E-state index contributed by atoms with van der Waals surface area (Å²) in [4.78, 5) is 31.4. The Hall–Kier alpha value is -1.74. The van der Waals surface area contributed by atoms with Crippen LogP contribution in [-0.4, -0.2) is 15.6 Å². The highest BCUT2D eigenvalue weighted by Gasteiger charge is 2.37. The normalized spacial score (nSPS) is 12.9. The Morgan fingerprint density at radius 1 is 1.00 bits per heavy atom. The van der Waals surface area contributed by atoms with Crippen molar-refractivity contribution in [3.63, 3.8) is 0 Å². The molecule has 0 radical (unpaired) electrons. The van der Waals surface area contributed by atoms with Crippen molar-refractivity contribution in [1.29, 1.82) is 0 Å². The van der Waals surface area contributed by atoms with Crippen molar-refractivity contribution in [2.75, 3.05) is 0 Å². The standard InChI is InChI=1S/C15H15O4P/c1-11-7-9-12(10-8-11)14(16)15(20(17,18)19)13-5-3-2-4-6-13/h2-10,15H,1H3,(H2,17,18,19). The van der Waals surface area contributed by atoms with Crippen molar-refractivity contribution in [3.05, 3.63) is 71.3 Å². The van der Waals surface area contributed by atoms with E-state index in [1.165, 1.54) is 0 Å². The van der Waals surface area contributed by atoms with Gasteiger partial charge in [-0.3, -0.25) is 9.36 Å². The molecule has 104 valence electrons. The Bertz CT molecular complexity index is 643. The van der Waals surface area contributed by atoms with Gasteiger partial charge in [0.25, 0.3) is 0 Å². The average molecular weight is 290 g/mol. The van der Waals surface area contributed by atoms with Gasteiger partial charge in [-0.1, -0.05) is 60.2 Å². The minimum absolute atomic E-state index is 0.299. The fourth-order valence-electron chi connectivity index (χ4n) is 2.01. The van der Waals surface area contributed by atoms with E-state index < -0.39 is 19.0 Å². The van der Waals surface area contributed by atoms with Crippen LogP contribution in [0.4, 0.5) is 0 Å². The molecular formula is C15H15O4P. The molecule has 5 heteroatoms. The summed E-state index contributed by atoms with van der Waals surface area (Å²) in [6, 6.07) is 14.8. The van der Waals surface area contributed by atoms with E-state index in [1.807, 2.05) is 6.92 Å². The second-order valence-corrected chi connectivity index (χ2v) is 6.33. The molecule has 0 fully saturated rings. The van der Waals surface area contributed by atoms with E-state index in [1.54, 1.807) is 54.6 Å². The summed E-state index contributed by atoms with van der Waals surface area (Å²) in [6.07, 6.45) is 0. The van der Waals surface area contributed by atoms with Gasteiger partial charge >= 0.3 is 7.60 Å². The Morgan fingerprint density at radius 3 is 2.05 bits per heavy atom. The lowest BCUT2D eigenvalue weighted by Crippen LogP contribution is -2.13. The molecule has 0 saturated carbocycles. The fraction of sp³-hybridized carbons (Fsp3) is 0.133. The van der Waals surface area contributed by atoms with E-state index in [0.717, 1.165) is 5.56 Å². The van der Waals surface area contributed by atoms with Gasteiger partial charge in [0, 0.05) is 5.56 Å². The lowest BCUT2D eigenvalue weighted by Gasteiger charge is -2.17. The molecule has 0 saturated heterocycles. The van der Waals surface area contributed by atoms with Crippen molar-refractivity contribution in [2.24, 2.45) is 0 Å². The zero-order valence-corrected chi connectivity index (χ0v) is 11.8. The highest BCUT2D eigenvalue weighted by molar-refractivity contribution is 7.53. The number of carbonyl (C=O) groups is 1. The van der Waals surface area contributed by atoms with Gasteiger partial charge < -0.3 is 9.79 Å². The van der Waals surface area contributed by atoms with E-state index in [4.69, 9.17) is 0 Å². The maximum Gasteiger partial charge on any atom is 0.340 e. The first kappa shape index (κ1) is 14.7. The molecule has 4 nitrogen and oxygen atoms in total. The van der Waals surface area contributed by atoms with Crippen LogP contribution >= 0.6 is 7.60 Å². The third-order valence-corrected chi connectivity index (χ3v) is 4.24. The molecule has 20 heavy (non-hydrogen) atoms. The summed E-state index contributed by atoms with van der Waals surface area (Å²) in [5, 5.41) is 0. The van der Waals surface area contributed by atoms with Crippen LogP contribution in [0.15, 0.2) is 54.6 Å². The number of carbonyl (C=O) groups excluding carboxylic acids is 1. The van der Waals surface area contributed by atoms with Crippen molar-refractivity contribution < 1.29 is 19.1 Å². The van der Waals surface area contributed by atoms with Gasteiger partial charge in [-0.25, -0.2) is 0 Å². The van der Waals surface area contributed by atoms with Gasteiger partial charge in [0.15, 0.2) is 5.78 Å². The Labute approximate surface area is 117 Å². The number of Topliss-reactive ketones (excluding diaryl/α,β-unsaturated/α-hetero) is 1. The molecule has 0 heterocycles. The van der Waals surface area contributed by atoms with Crippen LogP contribution in [0.2, 0.25) is 0 Å². The molecule has 0 spiro atoms. The van der Waals surface area contributed by atoms with E-state index in [0.29, 0.717) is 11.1 Å². The third kappa shape index (κ3) is 3.23. The first-order chi connectivity index (χ1) is 9.39. The lowest BCUT2D eigenvalue weighted by atomic mass is 10.0. The second-order valence-electron chi connectivity index (χ2n) is 4.63. The molecule has 1 unspecified atom stereocenters. The highest BCUT2D eigenvalue weighted by atomic mass is 31.2. The minimum atomic E-state index is -4.58. The van der Waals surface area contributed by atoms with Gasteiger partial charge in [-0.15, -0.1) is 0 Å². The monoisotopic (exact) mass is 290 g/mol. The van der Waals surface area contributed by atoms with Crippen LogP contribution < -0.4 is 0 Å². The molecule has 1 atom stereocenters. The Kier molecular flexibility index (Phi) is 4.19. The zero-order chi connectivity index (χ0) is 14.8. The Morgan fingerprint density at radius 2 is 1.55 bits per heavy atom. The first-order valence-corrected chi connectivity index (χ1v) is 7.79. The minimum Gasteiger partial charge on any atom is -0.324 e. The number of ketones is 1. The molecule has 0 bridgehead atoms. The summed E-state index contributed by atoms with van der Waals surface area (Å²) in [6.45, 7) is 1.88. The summed E-state index contributed by atoms with van der Waals surface area (Å²) in [5.41, 5.74) is 0.152. The van der Waals surface area contributed by atoms with Crippen LogP contribution in [0, 0.1) is 6.92 Å². The number of hydrogen-bond acceptors (Lipinski definition) is 2. The van der Waals surface area contributed by atoms with Crippen molar-refractivity contribution >= 4 is 13.4 Å². The summed E-state index contributed by atoms with van der Waals surface area (Å²) < 4.78 is 11.7. The largest absolute Gasteiger partial charge is 0.340 e. The molecular weight excluding hydrogens is 275 g/mol. The molecule has 0 aromatic heterocycles. The zero-order valence-electron chi connectivity index (χ0n) is 10.9. The highest BCUT2D eigenvalue weighted by Crippen LogP contribution is 2.53. The number of hydrogen-bond donors (Lipinski definition) is 2. The first-order valence-electron chi connectivity index (χ1n) is 6.10. The van der Waals surface area contributed by atoms with Crippen LogP contribution in [0.25, 0.3) is 0 Å². The third-order valence-electron chi connectivity index (χ3n) is 3.04. The SMILES string of the molecule is Cc1ccc(C(=O)C(c2ccccc2)P(=O)(O)O)cc1. The molecule has 2 N–H and O–H groups in total. The molecule has 0 aliphatic rings. The van der Waals surface area contributed by atoms with E-state index in [9.17, 15) is 19.1 Å². The summed E-state index contributed by atoms with van der Waals surface area (Å²) in [5.74, 6) is -0.565.